The second-order valence-electron chi connectivity index (χ2n) is 6.23. The summed E-state index contributed by atoms with van der Waals surface area (Å²) in [4.78, 5) is 11.8. The smallest absolute Gasteiger partial charge is 0.234 e. The summed E-state index contributed by atoms with van der Waals surface area (Å²) in [5, 5.41) is 6.21. The molecule has 2 N–H and O–H groups in total. The van der Waals surface area contributed by atoms with Crippen molar-refractivity contribution in [1.82, 2.24) is 10.6 Å². The van der Waals surface area contributed by atoms with E-state index >= 15 is 0 Å². The van der Waals surface area contributed by atoms with Crippen LogP contribution < -0.4 is 10.6 Å². The molecule has 0 aliphatic heterocycles. The van der Waals surface area contributed by atoms with Crippen LogP contribution in [0.1, 0.15) is 40.0 Å². The Morgan fingerprint density at radius 2 is 2.11 bits per heavy atom. The van der Waals surface area contributed by atoms with Gasteiger partial charge in [0.05, 0.1) is 13.2 Å². The Kier molecular flexibility index (Phi) is 8.62. The number of nitrogens with one attached hydrogen (secondary N) is 2. The van der Waals surface area contributed by atoms with Crippen molar-refractivity contribution in [3.63, 3.8) is 0 Å². The highest BCUT2D eigenvalue weighted by molar-refractivity contribution is 5.85. The number of hydrogen-bond donors (Lipinski definition) is 2. The average Bonchev–Trinajstić information content (AvgIpc) is 2.28. The van der Waals surface area contributed by atoms with Crippen LogP contribution in [0, 0.1) is 11.3 Å². The van der Waals surface area contributed by atoms with Gasteiger partial charge in [-0.3, -0.25) is 4.79 Å². The fourth-order valence-electron chi connectivity index (χ4n) is 2.80. The molecule has 2 unspecified atom stereocenters. The Labute approximate surface area is 123 Å². The molecule has 0 aromatic carbocycles. The minimum absolute atomic E-state index is 0. The number of carbonyl (C=O) groups excluding carboxylic acids is 1. The van der Waals surface area contributed by atoms with Gasteiger partial charge in [-0.05, 0) is 30.6 Å². The van der Waals surface area contributed by atoms with E-state index in [0.717, 1.165) is 13.0 Å². The second kappa shape index (κ2) is 8.77. The van der Waals surface area contributed by atoms with E-state index in [9.17, 15) is 4.79 Å². The van der Waals surface area contributed by atoms with E-state index in [-0.39, 0.29) is 18.3 Å². The van der Waals surface area contributed by atoms with Crippen LogP contribution in [0.5, 0.6) is 0 Å². The van der Waals surface area contributed by atoms with Crippen LogP contribution >= 0.6 is 12.4 Å². The lowest BCUT2D eigenvalue weighted by molar-refractivity contribution is -0.121. The number of methoxy groups -OCH3 is 1. The van der Waals surface area contributed by atoms with Gasteiger partial charge in [-0.1, -0.05) is 20.8 Å². The van der Waals surface area contributed by atoms with Crippen molar-refractivity contribution < 1.29 is 9.53 Å². The predicted octanol–water partition coefficient (Wildman–Crippen LogP) is 1.98. The number of amides is 1. The molecule has 0 aromatic heterocycles. The van der Waals surface area contributed by atoms with Gasteiger partial charge in [-0.25, -0.2) is 0 Å². The lowest BCUT2D eigenvalue weighted by atomic mass is 9.70. The summed E-state index contributed by atoms with van der Waals surface area (Å²) in [5.41, 5.74) is 0.428. The molecule has 0 bridgehead atoms. The molecule has 0 spiro atoms. The molecule has 4 nitrogen and oxygen atoms in total. The molecule has 19 heavy (non-hydrogen) atoms. The Balaban J connectivity index is 0.00000324. The first-order valence-corrected chi connectivity index (χ1v) is 6.93. The minimum atomic E-state index is 0. The molecule has 114 valence electrons. The summed E-state index contributed by atoms with van der Waals surface area (Å²) in [7, 11) is 1.66. The van der Waals surface area contributed by atoms with Crippen molar-refractivity contribution in [3.8, 4) is 0 Å². The number of rotatable bonds is 6. The molecule has 1 saturated carbocycles. The van der Waals surface area contributed by atoms with Crippen LogP contribution in [0.15, 0.2) is 0 Å². The van der Waals surface area contributed by atoms with Gasteiger partial charge in [0.1, 0.15) is 0 Å². The van der Waals surface area contributed by atoms with Gasteiger partial charge >= 0.3 is 0 Å². The maximum absolute atomic E-state index is 11.8. The van der Waals surface area contributed by atoms with Gasteiger partial charge in [0.25, 0.3) is 0 Å². The number of ether oxygens (including phenoxy) is 1. The molecule has 0 saturated heterocycles. The molecular formula is C14H29ClN2O2. The van der Waals surface area contributed by atoms with Crippen molar-refractivity contribution >= 4 is 18.3 Å². The largest absolute Gasteiger partial charge is 0.383 e. The van der Waals surface area contributed by atoms with Crippen molar-refractivity contribution in [2.45, 2.75) is 46.1 Å². The lowest BCUT2D eigenvalue weighted by Crippen LogP contribution is -2.47. The van der Waals surface area contributed by atoms with E-state index in [2.05, 4.69) is 31.4 Å². The van der Waals surface area contributed by atoms with Gasteiger partial charge in [-0.15, -0.1) is 12.4 Å². The van der Waals surface area contributed by atoms with E-state index in [1.165, 1.54) is 12.8 Å². The molecule has 1 fully saturated rings. The molecule has 2 atom stereocenters. The van der Waals surface area contributed by atoms with E-state index in [4.69, 9.17) is 4.74 Å². The first kappa shape index (κ1) is 18.7. The molecule has 0 radical (unpaired) electrons. The van der Waals surface area contributed by atoms with Gasteiger partial charge in [-0.2, -0.15) is 0 Å². The van der Waals surface area contributed by atoms with E-state index in [0.29, 0.717) is 30.5 Å². The summed E-state index contributed by atoms with van der Waals surface area (Å²) < 4.78 is 4.92. The number of carbonyl (C=O) groups is 1. The third-order valence-corrected chi connectivity index (χ3v) is 3.81. The highest BCUT2D eigenvalue weighted by Gasteiger charge is 2.32. The van der Waals surface area contributed by atoms with Gasteiger partial charge in [0.2, 0.25) is 5.91 Å². The van der Waals surface area contributed by atoms with Crippen LogP contribution in [0.3, 0.4) is 0 Å². The summed E-state index contributed by atoms with van der Waals surface area (Å²) in [6.45, 7) is 8.61. The van der Waals surface area contributed by atoms with Crippen molar-refractivity contribution in [2.75, 3.05) is 26.8 Å². The fraction of sp³-hybridized carbons (Fsp3) is 0.929. The molecule has 0 heterocycles. The van der Waals surface area contributed by atoms with Crippen LogP contribution in [-0.4, -0.2) is 38.8 Å². The third-order valence-electron chi connectivity index (χ3n) is 3.81. The molecule has 1 aliphatic rings. The van der Waals surface area contributed by atoms with E-state index in [1.54, 1.807) is 7.11 Å². The van der Waals surface area contributed by atoms with Crippen LogP contribution in [0.4, 0.5) is 0 Å². The highest BCUT2D eigenvalue weighted by Crippen LogP contribution is 2.38. The topological polar surface area (TPSA) is 50.4 Å². The quantitative estimate of drug-likeness (QED) is 0.736. The van der Waals surface area contributed by atoms with Gasteiger partial charge in [0, 0.05) is 19.7 Å². The van der Waals surface area contributed by atoms with Crippen molar-refractivity contribution in [2.24, 2.45) is 11.3 Å². The highest BCUT2D eigenvalue weighted by atomic mass is 35.5. The third kappa shape index (κ3) is 7.14. The summed E-state index contributed by atoms with van der Waals surface area (Å²) in [6.07, 6.45) is 3.48. The summed E-state index contributed by atoms with van der Waals surface area (Å²) in [6, 6.07) is 0.342. The number of hydrogen-bond acceptors (Lipinski definition) is 3. The van der Waals surface area contributed by atoms with Crippen LogP contribution in [0.25, 0.3) is 0 Å². The Bertz CT molecular complexity index is 272. The van der Waals surface area contributed by atoms with Crippen LogP contribution in [-0.2, 0) is 9.53 Å². The van der Waals surface area contributed by atoms with Crippen molar-refractivity contribution in [1.29, 1.82) is 0 Å². The fourth-order valence-corrected chi connectivity index (χ4v) is 2.80. The molecule has 1 rings (SSSR count). The molecule has 5 heteroatoms. The van der Waals surface area contributed by atoms with Crippen molar-refractivity contribution in [3.05, 3.63) is 0 Å². The zero-order valence-corrected chi connectivity index (χ0v) is 13.4. The van der Waals surface area contributed by atoms with Crippen LogP contribution in [0.2, 0.25) is 0 Å². The zero-order chi connectivity index (χ0) is 13.6. The Hall–Kier alpha value is -0.320. The molecule has 0 aromatic rings. The molecule has 1 amide bonds. The standard InChI is InChI=1S/C14H28N2O2.ClH/c1-11-9-14(2,3)6-5-12(11)16-13(17)10-15-7-8-18-4;/h11-12,15H,5-10H2,1-4H3,(H,16,17);1H. The van der Waals surface area contributed by atoms with Gasteiger partial charge in [0.15, 0.2) is 0 Å². The number of halogens is 1. The molecular weight excluding hydrogens is 264 g/mol. The zero-order valence-electron chi connectivity index (χ0n) is 12.6. The van der Waals surface area contributed by atoms with E-state index in [1.807, 2.05) is 0 Å². The SMILES string of the molecule is COCCNCC(=O)NC1CCC(C)(C)CC1C.Cl. The average molecular weight is 293 g/mol. The predicted molar refractivity (Wildman–Crippen MR) is 80.7 cm³/mol. The lowest BCUT2D eigenvalue weighted by Gasteiger charge is -2.39. The first-order valence-electron chi connectivity index (χ1n) is 6.93. The summed E-state index contributed by atoms with van der Waals surface area (Å²) in [5.74, 6) is 0.666. The first-order chi connectivity index (χ1) is 8.44. The summed E-state index contributed by atoms with van der Waals surface area (Å²) >= 11 is 0. The molecule has 1 aliphatic carbocycles. The Morgan fingerprint density at radius 3 is 2.68 bits per heavy atom. The van der Waals surface area contributed by atoms with Gasteiger partial charge < -0.3 is 15.4 Å². The minimum Gasteiger partial charge on any atom is -0.383 e. The maximum atomic E-state index is 11.8. The maximum Gasteiger partial charge on any atom is 0.234 e. The van der Waals surface area contributed by atoms with E-state index < -0.39 is 0 Å². The Morgan fingerprint density at radius 1 is 1.42 bits per heavy atom. The second-order valence-corrected chi connectivity index (χ2v) is 6.23. The normalized spacial score (nSPS) is 25.5. The monoisotopic (exact) mass is 292 g/mol.